The van der Waals surface area contributed by atoms with Crippen molar-refractivity contribution >= 4 is 32.6 Å². The highest BCUT2D eigenvalue weighted by Gasteiger charge is 2.31. The van der Waals surface area contributed by atoms with Crippen molar-refractivity contribution in [3.8, 4) is 16.9 Å². The van der Waals surface area contributed by atoms with Crippen molar-refractivity contribution in [2.45, 2.75) is 24.8 Å². The maximum Gasteiger partial charge on any atom is 0.355 e. The first-order valence-corrected chi connectivity index (χ1v) is 17.6. The molecular formula is C34H35F3N6O5S. The molecule has 4 heterocycles. The van der Waals surface area contributed by atoms with Gasteiger partial charge >= 0.3 is 5.69 Å². The van der Waals surface area contributed by atoms with Gasteiger partial charge in [-0.1, -0.05) is 24.3 Å². The minimum absolute atomic E-state index is 0.0114. The van der Waals surface area contributed by atoms with E-state index in [0.717, 1.165) is 48.2 Å². The molecule has 1 amide bonds. The second kappa shape index (κ2) is 13.7. The zero-order valence-electron chi connectivity index (χ0n) is 27.2. The number of aromatic nitrogens is 3. The summed E-state index contributed by atoms with van der Waals surface area (Å²) in [5.74, 6) is -3.36. The lowest BCUT2D eigenvalue weighted by Crippen LogP contribution is -2.54. The molecule has 6 rings (SSSR count). The molecule has 0 saturated carbocycles. The van der Waals surface area contributed by atoms with E-state index >= 15 is 4.39 Å². The number of para-hydroxylation sites is 1. The number of morpholine rings is 1. The molecule has 0 bridgehead atoms. The molecular weight excluding hydrogens is 661 g/mol. The minimum Gasteiger partial charge on any atom is -0.379 e. The molecule has 2 fully saturated rings. The van der Waals surface area contributed by atoms with E-state index in [-0.39, 0.29) is 53.0 Å². The molecule has 0 spiro atoms. The Bertz CT molecular complexity index is 2110. The maximum atomic E-state index is 15.9. The number of rotatable bonds is 7. The molecule has 2 aliphatic heterocycles. The van der Waals surface area contributed by atoms with Crippen LogP contribution >= 0.6 is 0 Å². The van der Waals surface area contributed by atoms with Crippen LogP contribution < -0.4 is 10.6 Å². The van der Waals surface area contributed by atoms with Crippen LogP contribution in [0.4, 0.5) is 19.0 Å². The number of hydrogen-bond acceptors (Lipinski definition) is 9. The van der Waals surface area contributed by atoms with Gasteiger partial charge in [0.2, 0.25) is 5.91 Å². The van der Waals surface area contributed by atoms with E-state index in [1.54, 1.807) is 22.8 Å². The number of fused-ring (bicyclic) bond motifs is 1. The van der Waals surface area contributed by atoms with E-state index in [9.17, 15) is 26.8 Å². The number of carbonyl (C=O) groups is 1. The largest absolute Gasteiger partial charge is 0.379 e. The third-order valence-electron chi connectivity index (χ3n) is 8.76. The summed E-state index contributed by atoms with van der Waals surface area (Å²) in [6.07, 6.45) is 4.34. The van der Waals surface area contributed by atoms with Gasteiger partial charge in [0.1, 0.15) is 23.1 Å². The summed E-state index contributed by atoms with van der Waals surface area (Å²) in [4.78, 5) is 41.1. The first kappa shape index (κ1) is 34.3. The normalized spacial score (nSPS) is 17.7. The van der Waals surface area contributed by atoms with E-state index in [4.69, 9.17) is 4.74 Å². The number of pyridine rings is 1. The Hall–Kier alpha value is -4.60. The van der Waals surface area contributed by atoms with Crippen LogP contribution in [-0.4, -0.2) is 103 Å². The standard InChI is InChI=1S/C34H35F3N6O5S/c1-21-7-4-10-27(49(3,46)47)31(21)43-33-23(19-26(37)30(38-33)29-24(35)8-5-9-25(29)36)32(39-34(43)45)42-14-13-41(20-22(42)2)28(44)11-6-12-40-15-17-48-18-16-40/h4-11,19,22H,12-18,20H2,1-3H3/b11-6+/t22-/m0/s1. The molecule has 2 aliphatic rings. The maximum absolute atomic E-state index is 15.9. The lowest BCUT2D eigenvalue weighted by atomic mass is 10.1. The smallest absolute Gasteiger partial charge is 0.355 e. The number of anilines is 1. The van der Waals surface area contributed by atoms with Gasteiger partial charge in [-0.05, 0) is 43.7 Å². The van der Waals surface area contributed by atoms with E-state index < -0.39 is 50.3 Å². The predicted molar refractivity (Wildman–Crippen MR) is 178 cm³/mol. The number of piperazine rings is 1. The van der Waals surface area contributed by atoms with Crippen LogP contribution in [0, 0.1) is 24.4 Å². The molecule has 2 saturated heterocycles. The monoisotopic (exact) mass is 696 g/mol. The minimum atomic E-state index is -3.91. The highest BCUT2D eigenvalue weighted by atomic mass is 32.2. The van der Waals surface area contributed by atoms with Gasteiger partial charge in [-0.15, -0.1) is 0 Å². The van der Waals surface area contributed by atoms with Gasteiger partial charge in [-0.25, -0.2) is 35.9 Å². The van der Waals surface area contributed by atoms with E-state index in [1.807, 2.05) is 13.0 Å². The van der Waals surface area contributed by atoms with Crippen molar-refractivity contribution in [1.29, 1.82) is 0 Å². The van der Waals surface area contributed by atoms with Crippen LogP contribution in [0.3, 0.4) is 0 Å². The number of hydrogen-bond donors (Lipinski definition) is 0. The SMILES string of the molecule is Cc1cccc(S(C)(=O)=O)c1-n1c(=O)nc(N2CCN(C(=O)/C=C/CN3CCOCC3)C[C@@H]2C)c2cc(F)c(-c3c(F)cccc3F)nc21. The van der Waals surface area contributed by atoms with E-state index in [2.05, 4.69) is 14.9 Å². The van der Waals surface area contributed by atoms with E-state index in [0.29, 0.717) is 25.3 Å². The van der Waals surface area contributed by atoms with Crippen LogP contribution in [0.25, 0.3) is 28.0 Å². The van der Waals surface area contributed by atoms with Crippen LogP contribution in [0.2, 0.25) is 0 Å². The summed E-state index contributed by atoms with van der Waals surface area (Å²) in [6.45, 7) is 7.67. The number of sulfone groups is 1. The summed E-state index contributed by atoms with van der Waals surface area (Å²) in [6, 6.07) is 8.06. The number of aryl methyl sites for hydroxylation is 1. The molecule has 258 valence electrons. The Labute approximate surface area is 281 Å². The van der Waals surface area contributed by atoms with Gasteiger partial charge in [0, 0.05) is 57.6 Å². The zero-order chi connectivity index (χ0) is 35.0. The number of amides is 1. The Morgan fingerprint density at radius 1 is 1.00 bits per heavy atom. The summed E-state index contributed by atoms with van der Waals surface area (Å²) in [7, 11) is -3.91. The van der Waals surface area contributed by atoms with Gasteiger partial charge in [-0.2, -0.15) is 4.98 Å². The molecule has 0 unspecified atom stereocenters. The topological polar surface area (TPSA) is 118 Å². The van der Waals surface area contributed by atoms with Crippen LogP contribution in [0.1, 0.15) is 12.5 Å². The summed E-state index contributed by atoms with van der Waals surface area (Å²) in [5.41, 5.74) is -2.31. The lowest BCUT2D eigenvalue weighted by Gasteiger charge is -2.40. The number of halogens is 3. The molecule has 0 radical (unpaired) electrons. The number of nitrogens with zero attached hydrogens (tertiary/aromatic N) is 6. The summed E-state index contributed by atoms with van der Waals surface area (Å²) >= 11 is 0. The second-order valence-corrected chi connectivity index (χ2v) is 14.2. The van der Waals surface area contributed by atoms with Gasteiger partial charge in [-0.3, -0.25) is 9.69 Å². The van der Waals surface area contributed by atoms with Crippen molar-refractivity contribution in [2.24, 2.45) is 0 Å². The van der Waals surface area contributed by atoms with Crippen LogP contribution in [0.5, 0.6) is 0 Å². The molecule has 11 nitrogen and oxygen atoms in total. The fraction of sp³-hybridized carbons (Fsp3) is 0.353. The Morgan fingerprint density at radius 3 is 2.37 bits per heavy atom. The number of ether oxygens (including phenoxy) is 1. The molecule has 15 heteroatoms. The first-order valence-electron chi connectivity index (χ1n) is 15.7. The van der Waals surface area contributed by atoms with Crippen molar-refractivity contribution in [2.75, 3.05) is 63.6 Å². The molecule has 4 aromatic rings. The molecule has 2 aromatic carbocycles. The van der Waals surface area contributed by atoms with E-state index in [1.165, 1.54) is 18.2 Å². The van der Waals surface area contributed by atoms with Gasteiger partial charge in [0.25, 0.3) is 0 Å². The molecule has 1 atom stereocenters. The Balaban J connectivity index is 1.45. The zero-order valence-corrected chi connectivity index (χ0v) is 28.0. The molecule has 0 aliphatic carbocycles. The second-order valence-electron chi connectivity index (χ2n) is 12.2. The quantitative estimate of drug-likeness (QED) is 0.268. The third kappa shape index (κ3) is 6.82. The van der Waals surface area contributed by atoms with Crippen molar-refractivity contribution in [3.63, 3.8) is 0 Å². The Kier molecular flexibility index (Phi) is 9.60. The predicted octanol–water partition coefficient (Wildman–Crippen LogP) is 3.50. The van der Waals surface area contributed by atoms with Crippen molar-refractivity contribution < 1.29 is 31.1 Å². The number of benzene rings is 2. The first-order chi connectivity index (χ1) is 23.3. The van der Waals surface area contributed by atoms with Gasteiger partial charge in [0.05, 0.1) is 34.7 Å². The fourth-order valence-corrected chi connectivity index (χ4v) is 7.24. The van der Waals surface area contributed by atoms with Gasteiger partial charge < -0.3 is 14.5 Å². The average Bonchev–Trinajstić information content (AvgIpc) is 3.05. The molecule has 49 heavy (non-hydrogen) atoms. The molecule has 0 N–H and O–H groups in total. The number of carbonyl (C=O) groups excluding carboxylic acids is 1. The van der Waals surface area contributed by atoms with Crippen molar-refractivity contribution in [1.82, 2.24) is 24.3 Å². The van der Waals surface area contributed by atoms with Crippen LogP contribution in [0.15, 0.2) is 64.3 Å². The third-order valence-corrected chi connectivity index (χ3v) is 9.89. The lowest BCUT2D eigenvalue weighted by molar-refractivity contribution is -0.126. The summed E-state index contributed by atoms with van der Waals surface area (Å²) in [5, 5.41) is 0.0114. The highest BCUT2D eigenvalue weighted by molar-refractivity contribution is 7.90. The van der Waals surface area contributed by atoms with Crippen LogP contribution in [-0.2, 0) is 19.4 Å². The molecule has 2 aromatic heterocycles. The van der Waals surface area contributed by atoms with Gasteiger partial charge in [0.15, 0.2) is 21.3 Å². The fourth-order valence-electron chi connectivity index (χ4n) is 6.31. The Morgan fingerprint density at radius 2 is 1.69 bits per heavy atom. The highest BCUT2D eigenvalue weighted by Crippen LogP contribution is 2.34. The van der Waals surface area contributed by atoms with Crippen molar-refractivity contribution in [3.05, 3.63) is 88.1 Å². The average molecular weight is 697 g/mol. The summed E-state index contributed by atoms with van der Waals surface area (Å²) < 4.78 is 77.9.